The maximum absolute atomic E-state index is 11.6. The Morgan fingerprint density at radius 1 is 1.55 bits per heavy atom. The van der Waals surface area contributed by atoms with Gasteiger partial charge in [0.1, 0.15) is 0 Å². The van der Waals surface area contributed by atoms with E-state index in [1.165, 1.54) is 6.26 Å². The fourth-order valence-electron chi connectivity index (χ4n) is 3.07. The molecule has 1 N–H and O–H groups in total. The van der Waals surface area contributed by atoms with Gasteiger partial charge in [-0.15, -0.1) is 11.3 Å². The van der Waals surface area contributed by atoms with Crippen LogP contribution >= 0.6 is 11.3 Å². The molecule has 4 nitrogen and oxygen atoms in total. The minimum atomic E-state index is -3.12. The summed E-state index contributed by atoms with van der Waals surface area (Å²) >= 11 is 1.57. The third kappa shape index (κ3) is 3.61. The SMILES string of the molecule is Cc1ccsc1C(C)(O)CC1CCCN(S(C)(=O)=O)C1. The van der Waals surface area contributed by atoms with Gasteiger partial charge in [0, 0.05) is 18.0 Å². The summed E-state index contributed by atoms with van der Waals surface area (Å²) in [5, 5.41) is 12.7. The van der Waals surface area contributed by atoms with Crippen molar-refractivity contribution in [2.24, 2.45) is 5.92 Å². The Morgan fingerprint density at radius 2 is 2.25 bits per heavy atom. The highest BCUT2D eigenvalue weighted by Gasteiger charge is 2.33. The number of aryl methyl sites for hydroxylation is 1. The molecule has 0 saturated carbocycles. The summed E-state index contributed by atoms with van der Waals surface area (Å²) in [5.41, 5.74) is 0.236. The summed E-state index contributed by atoms with van der Waals surface area (Å²) in [6.45, 7) is 4.98. The third-order valence-electron chi connectivity index (χ3n) is 3.99. The number of hydrogen-bond acceptors (Lipinski definition) is 4. The van der Waals surface area contributed by atoms with Gasteiger partial charge < -0.3 is 5.11 Å². The second kappa shape index (κ2) is 5.75. The summed E-state index contributed by atoms with van der Waals surface area (Å²) < 4.78 is 24.8. The monoisotopic (exact) mass is 317 g/mol. The van der Waals surface area contributed by atoms with E-state index >= 15 is 0 Å². The number of piperidine rings is 1. The molecular formula is C14H23NO3S2. The average Bonchev–Trinajstić information content (AvgIpc) is 2.75. The maximum atomic E-state index is 11.6. The highest BCUT2D eigenvalue weighted by atomic mass is 32.2. The molecule has 1 aliphatic heterocycles. The van der Waals surface area contributed by atoms with Crippen LogP contribution in [0.3, 0.4) is 0 Å². The molecule has 0 aliphatic carbocycles. The zero-order valence-electron chi connectivity index (χ0n) is 12.3. The van der Waals surface area contributed by atoms with E-state index < -0.39 is 15.6 Å². The maximum Gasteiger partial charge on any atom is 0.211 e. The van der Waals surface area contributed by atoms with E-state index in [0.717, 1.165) is 23.3 Å². The Balaban J connectivity index is 2.08. The fraction of sp³-hybridized carbons (Fsp3) is 0.714. The van der Waals surface area contributed by atoms with Crippen LogP contribution in [0.25, 0.3) is 0 Å². The van der Waals surface area contributed by atoms with Gasteiger partial charge in [-0.3, -0.25) is 0 Å². The molecule has 6 heteroatoms. The Labute approximate surface area is 125 Å². The van der Waals surface area contributed by atoms with E-state index in [0.29, 0.717) is 19.5 Å². The number of rotatable bonds is 4. The first-order valence-electron chi connectivity index (χ1n) is 6.92. The standard InChI is InChI=1S/C14H23NO3S2/c1-11-6-8-19-13(11)14(2,16)9-12-5-4-7-15(10-12)20(3,17)18/h6,8,12,16H,4-5,7,9-10H2,1-3H3. The topological polar surface area (TPSA) is 57.6 Å². The van der Waals surface area contributed by atoms with Crippen LogP contribution in [0.2, 0.25) is 0 Å². The Morgan fingerprint density at radius 3 is 2.80 bits per heavy atom. The van der Waals surface area contributed by atoms with Gasteiger partial charge in [0.2, 0.25) is 10.0 Å². The van der Waals surface area contributed by atoms with Gasteiger partial charge in [0.25, 0.3) is 0 Å². The molecular weight excluding hydrogens is 294 g/mol. The van der Waals surface area contributed by atoms with Crippen LogP contribution < -0.4 is 0 Å². The number of aliphatic hydroxyl groups is 1. The Bertz CT molecular complexity index is 563. The van der Waals surface area contributed by atoms with Crippen LogP contribution in [0.1, 0.15) is 36.6 Å². The van der Waals surface area contributed by atoms with Crippen LogP contribution in [-0.2, 0) is 15.6 Å². The van der Waals surface area contributed by atoms with Gasteiger partial charge >= 0.3 is 0 Å². The summed E-state index contributed by atoms with van der Waals surface area (Å²) in [6, 6.07) is 2.01. The van der Waals surface area contributed by atoms with Crippen LogP contribution in [0.5, 0.6) is 0 Å². The van der Waals surface area contributed by atoms with Crippen LogP contribution in [-0.4, -0.2) is 37.2 Å². The normalized spacial score (nSPS) is 24.5. The lowest BCUT2D eigenvalue weighted by atomic mass is 9.85. The van der Waals surface area contributed by atoms with E-state index in [4.69, 9.17) is 0 Å². The molecule has 0 spiro atoms. The minimum Gasteiger partial charge on any atom is -0.385 e. The molecule has 1 saturated heterocycles. The fourth-order valence-corrected chi connectivity index (χ4v) is 5.02. The Hall–Kier alpha value is -0.430. The van der Waals surface area contributed by atoms with E-state index in [9.17, 15) is 13.5 Å². The largest absolute Gasteiger partial charge is 0.385 e. The molecule has 0 aromatic carbocycles. The van der Waals surface area contributed by atoms with Gasteiger partial charge in [0.05, 0.1) is 11.9 Å². The molecule has 2 heterocycles. The number of hydrogen-bond donors (Lipinski definition) is 1. The summed E-state index contributed by atoms with van der Waals surface area (Å²) in [6.07, 6.45) is 3.72. The van der Waals surface area contributed by atoms with E-state index in [2.05, 4.69) is 0 Å². The molecule has 114 valence electrons. The molecule has 1 aromatic heterocycles. The molecule has 0 amide bonds. The lowest BCUT2D eigenvalue weighted by Gasteiger charge is -2.35. The van der Waals surface area contributed by atoms with Crippen molar-refractivity contribution in [3.05, 3.63) is 21.9 Å². The summed E-state index contributed by atoms with van der Waals surface area (Å²) in [7, 11) is -3.12. The zero-order chi connectivity index (χ0) is 15.0. The van der Waals surface area contributed by atoms with Gasteiger partial charge in [-0.1, -0.05) is 0 Å². The van der Waals surface area contributed by atoms with Gasteiger partial charge in [-0.05, 0) is 56.0 Å². The first kappa shape index (κ1) is 15.9. The van der Waals surface area contributed by atoms with Crippen molar-refractivity contribution in [2.45, 2.75) is 38.7 Å². The van der Waals surface area contributed by atoms with Crippen molar-refractivity contribution in [1.82, 2.24) is 4.31 Å². The molecule has 1 fully saturated rings. The lowest BCUT2D eigenvalue weighted by Crippen LogP contribution is -2.41. The second-order valence-electron chi connectivity index (χ2n) is 6.04. The molecule has 1 aromatic rings. The smallest absolute Gasteiger partial charge is 0.211 e. The average molecular weight is 317 g/mol. The predicted molar refractivity (Wildman–Crippen MR) is 82.4 cm³/mol. The predicted octanol–water partition coefficient (Wildman–Crippen LogP) is 2.33. The van der Waals surface area contributed by atoms with Crippen LogP contribution in [0, 0.1) is 12.8 Å². The highest BCUT2D eigenvalue weighted by molar-refractivity contribution is 7.88. The van der Waals surface area contributed by atoms with Crippen molar-refractivity contribution in [3.63, 3.8) is 0 Å². The van der Waals surface area contributed by atoms with Crippen molar-refractivity contribution in [2.75, 3.05) is 19.3 Å². The van der Waals surface area contributed by atoms with Crippen LogP contribution in [0.4, 0.5) is 0 Å². The van der Waals surface area contributed by atoms with Crippen molar-refractivity contribution >= 4 is 21.4 Å². The van der Waals surface area contributed by atoms with E-state index in [1.54, 1.807) is 15.6 Å². The number of nitrogens with zero attached hydrogens (tertiary/aromatic N) is 1. The molecule has 1 aliphatic rings. The highest BCUT2D eigenvalue weighted by Crippen LogP contribution is 2.36. The first-order valence-corrected chi connectivity index (χ1v) is 9.65. The van der Waals surface area contributed by atoms with E-state index in [-0.39, 0.29) is 5.92 Å². The van der Waals surface area contributed by atoms with Crippen molar-refractivity contribution in [3.8, 4) is 0 Å². The zero-order valence-corrected chi connectivity index (χ0v) is 13.9. The van der Waals surface area contributed by atoms with Crippen molar-refractivity contribution in [1.29, 1.82) is 0 Å². The quantitative estimate of drug-likeness (QED) is 0.927. The lowest BCUT2D eigenvalue weighted by molar-refractivity contribution is 0.0239. The number of thiophene rings is 1. The van der Waals surface area contributed by atoms with E-state index in [1.807, 2.05) is 25.3 Å². The Kier molecular flexibility index (Phi) is 4.59. The molecule has 2 atom stereocenters. The second-order valence-corrected chi connectivity index (χ2v) is 8.94. The molecule has 2 unspecified atom stereocenters. The van der Waals surface area contributed by atoms with Gasteiger partial charge in [-0.25, -0.2) is 12.7 Å². The van der Waals surface area contributed by atoms with Crippen molar-refractivity contribution < 1.29 is 13.5 Å². The van der Waals surface area contributed by atoms with Crippen LogP contribution in [0.15, 0.2) is 11.4 Å². The van der Waals surface area contributed by atoms with Gasteiger partial charge in [-0.2, -0.15) is 0 Å². The first-order chi connectivity index (χ1) is 9.20. The molecule has 0 radical (unpaired) electrons. The molecule has 0 bridgehead atoms. The number of sulfonamides is 1. The molecule has 20 heavy (non-hydrogen) atoms. The van der Waals surface area contributed by atoms with Gasteiger partial charge in [0.15, 0.2) is 0 Å². The summed E-state index contributed by atoms with van der Waals surface area (Å²) in [5.74, 6) is 0.218. The third-order valence-corrected chi connectivity index (χ3v) is 6.53. The summed E-state index contributed by atoms with van der Waals surface area (Å²) in [4.78, 5) is 0.994. The molecule has 2 rings (SSSR count). The minimum absolute atomic E-state index is 0.218.